The molecule has 5 nitrogen and oxygen atoms in total. The van der Waals surface area contributed by atoms with E-state index in [9.17, 15) is 23.1 Å². The van der Waals surface area contributed by atoms with E-state index in [-0.39, 0.29) is 24.5 Å². The van der Waals surface area contributed by atoms with Crippen molar-refractivity contribution in [2.24, 2.45) is 5.92 Å². The standard InChI is InChI=1S/C27H28ClF3N2O3S/c1-26(35)9-6-19(7-10-26)33-11-8-17(25(33)34)12-16-2-4-20(14-21(16)28)36-15-24-32-22-13-18(27(29,30)31)3-5-23(22)37-24/h2-5,13-14,17,19,35H,6-12,15H2,1H3. The lowest BCUT2D eigenvalue weighted by molar-refractivity contribution is -0.137. The van der Waals surface area contributed by atoms with E-state index in [0.717, 1.165) is 43.5 Å². The number of likely N-dealkylation sites (tertiary alicyclic amines) is 1. The van der Waals surface area contributed by atoms with E-state index in [0.29, 0.717) is 45.3 Å². The molecule has 1 saturated heterocycles. The summed E-state index contributed by atoms with van der Waals surface area (Å²) in [4.78, 5) is 19.3. The van der Waals surface area contributed by atoms with Crippen molar-refractivity contribution in [3.8, 4) is 5.75 Å². The third-order valence-corrected chi connectivity index (χ3v) is 8.80. The quantitative estimate of drug-likeness (QED) is 0.373. The number of nitrogens with zero attached hydrogens (tertiary/aromatic N) is 2. The summed E-state index contributed by atoms with van der Waals surface area (Å²) in [6.45, 7) is 2.71. The van der Waals surface area contributed by atoms with Crippen LogP contribution in [0.15, 0.2) is 36.4 Å². The van der Waals surface area contributed by atoms with Gasteiger partial charge in [-0.25, -0.2) is 4.98 Å². The normalized spacial score (nSPS) is 24.7. The Bertz CT molecular complexity index is 1300. The highest BCUT2D eigenvalue weighted by Crippen LogP contribution is 2.36. The molecule has 1 amide bonds. The molecule has 1 atom stereocenters. The van der Waals surface area contributed by atoms with E-state index in [1.54, 1.807) is 12.1 Å². The van der Waals surface area contributed by atoms with Crippen LogP contribution < -0.4 is 4.74 Å². The Kier molecular flexibility index (Phi) is 7.15. The first-order valence-corrected chi connectivity index (χ1v) is 13.6. The number of halogens is 4. The number of fused-ring (bicyclic) bond motifs is 1. The first kappa shape index (κ1) is 26.3. The number of ether oxygens (including phenoxy) is 1. The number of carbonyl (C=O) groups is 1. The Morgan fingerprint density at radius 2 is 1.95 bits per heavy atom. The van der Waals surface area contributed by atoms with Crippen LogP contribution in [0.25, 0.3) is 10.2 Å². The van der Waals surface area contributed by atoms with E-state index >= 15 is 0 Å². The van der Waals surface area contributed by atoms with Crippen LogP contribution in [0.4, 0.5) is 13.2 Å². The second kappa shape index (κ2) is 10.1. The number of amides is 1. The zero-order valence-electron chi connectivity index (χ0n) is 20.4. The molecule has 2 heterocycles. The minimum atomic E-state index is -4.41. The van der Waals surface area contributed by atoms with Gasteiger partial charge in [-0.1, -0.05) is 17.7 Å². The van der Waals surface area contributed by atoms with Gasteiger partial charge in [0.2, 0.25) is 5.91 Å². The molecule has 2 aliphatic rings. The molecule has 0 radical (unpaired) electrons. The number of benzene rings is 2. The number of aliphatic hydroxyl groups is 1. The molecule has 1 aromatic heterocycles. The van der Waals surface area contributed by atoms with Crippen molar-refractivity contribution in [2.75, 3.05) is 6.54 Å². The highest BCUT2D eigenvalue weighted by atomic mass is 35.5. The molecule has 0 spiro atoms. The molecule has 1 unspecified atom stereocenters. The van der Waals surface area contributed by atoms with Crippen LogP contribution in [-0.4, -0.2) is 39.1 Å². The summed E-state index contributed by atoms with van der Waals surface area (Å²) < 4.78 is 45.3. The van der Waals surface area contributed by atoms with Crippen molar-refractivity contribution in [2.45, 2.75) is 69.9 Å². The van der Waals surface area contributed by atoms with Crippen LogP contribution in [0.3, 0.4) is 0 Å². The van der Waals surface area contributed by atoms with E-state index < -0.39 is 17.3 Å². The van der Waals surface area contributed by atoms with Gasteiger partial charge in [0.25, 0.3) is 0 Å². The van der Waals surface area contributed by atoms with Gasteiger partial charge >= 0.3 is 6.18 Å². The Balaban J connectivity index is 1.18. The second-order valence-corrected chi connectivity index (χ2v) is 11.8. The Hall–Kier alpha value is -2.36. The third-order valence-electron chi connectivity index (χ3n) is 7.44. The number of aromatic nitrogens is 1. The van der Waals surface area contributed by atoms with Gasteiger partial charge in [0.15, 0.2) is 0 Å². The molecule has 0 bridgehead atoms. The molecule has 1 N–H and O–H groups in total. The number of carbonyl (C=O) groups excluding carboxylic acids is 1. The molecule has 2 fully saturated rings. The SMILES string of the molecule is CC1(O)CCC(N2CCC(Cc3ccc(OCc4nc5cc(C(F)(F)F)ccc5s4)cc3Cl)C2=O)CC1. The van der Waals surface area contributed by atoms with Crippen LogP contribution in [0.1, 0.15) is 55.2 Å². The maximum absolute atomic E-state index is 13.1. The van der Waals surface area contributed by atoms with Crippen molar-refractivity contribution < 1.29 is 27.8 Å². The molecule has 198 valence electrons. The fraction of sp³-hybridized carbons (Fsp3) is 0.481. The lowest BCUT2D eigenvalue weighted by Crippen LogP contribution is -2.43. The number of rotatable bonds is 6. The van der Waals surface area contributed by atoms with Gasteiger partial charge in [-0.15, -0.1) is 11.3 Å². The molecule has 5 rings (SSSR count). The fourth-order valence-corrected chi connectivity index (χ4v) is 6.37. The molecule has 1 saturated carbocycles. The highest BCUT2D eigenvalue weighted by Gasteiger charge is 2.39. The summed E-state index contributed by atoms with van der Waals surface area (Å²) in [6.07, 6.45) is 0.0153. The van der Waals surface area contributed by atoms with Gasteiger partial charge in [0, 0.05) is 23.5 Å². The van der Waals surface area contributed by atoms with Crippen molar-refractivity contribution in [3.05, 3.63) is 57.6 Å². The predicted molar refractivity (Wildman–Crippen MR) is 137 cm³/mol. The van der Waals surface area contributed by atoms with Crippen molar-refractivity contribution >= 4 is 39.1 Å². The molecule has 3 aromatic rings. The largest absolute Gasteiger partial charge is 0.486 e. The lowest BCUT2D eigenvalue weighted by atomic mass is 9.83. The van der Waals surface area contributed by atoms with Crippen LogP contribution >= 0.6 is 22.9 Å². The Labute approximate surface area is 222 Å². The summed E-state index contributed by atoms with van der Waals surface area (Å²) in [5, 5.41) is 11.3. The average molecular weight is 553 g/mol. The minimum absolute atomic E-state index is 0.112. The molecular formula is C27H28ClF3N2O3S. The monoisotopic (exact) mass is 552 g/mol. The number of hydrogen-bond donors (Lipinski definition) is 1. The smallest absolute Gasteiger partial charge is 0.416 e. The number of alkyl halides is 3. The minimum Gasteiger partial charge on any atom is -0.486 e. The summed E-state index contributed by atoms with van der Waals surface area (Å²) >= 11 is 7.81. The van der Waals surface area contributed by atoms with E-state index in [1.807, 2.05) is 17.9 Å². The van der Waals surface area contributed by atoms with E-state index in [1.165, 1.54) is 17.4 Å². The molecule has 10 heteroatoms. The second-order valence-electron chi connectivity index (χ2n) is 10.3. The van der Waals surface area contributed by atoms with Gasteiger partial charge in [0.1, 0.15) is 17.4 Å². The van der Waals surface area contributed by atoms with E-state index in [2.05, 4.69) is 4.98 Å². The van der Waals surface area contributed by atoms with Gasteiger partial charge < -0.3 is 14.7 Å². The summed E-state index contributed by atoms with van der Waals surface area (Å²) in [5.41, 5.74) is -0.184. The fourth-order valence-electron chi connectivity index (χ4n) is 5.26. The Morgan fingerprint density at radius 3 is 2.65 bits per heavy atom. The van der Waals surface area contributed by atoms with Crippen molar-refractivity contribution in [3.63, 3.8) is 0 Å². The average Bonchev–Trinajstić information content (AvgIpc) is 3.41. The number of thiazole rings is 1. The Morgan fingerprint density at radius 1 is 1.19 bits per heavy atom. The third kappa shape index (κ3) is 5.89. The molecular weight excluding hydrogens is 525 g/mol. The van der Waals surface area contributed by atoms with Crippen molar-refractivity contribution in [1.82, 2.24) is 9.88 Å². The van der Waals surface area contributed by atoms with Gasteiger partial charge in [-0.2, -0.15) is 13.2 Å². The molecule has 1 aliphatic heterocycles. The van der Waals surface area contributed by atoms with Crippen LogP contribution in [0.2, 0.25) is 5.02 Å². The lowest BCUT2D eigenvalue weighted by Gasteiger charge is -2.37. The first-order chi connectivity index (χ1) is 17.5. The summed E-state index contributed by atoms with van der Waals surface area (Å²) in [7, 11) is 0. The van der Waals surface area contributed by atoms with Crippen molar-refractivity contribution in [1.29, 1.82) is 0 Å². The van der Waals surface area contributed by atoms with Gasteiger partial charge in [0.05, 0.1) is 21.4 Å². The zero-order valence-corrected chi connectivity index (χ0v) is 21.9. The van der Waals surface area contributed by atoms with E-state index in [4.69, 9.17) is 16.3 Å². The molecule has 37 heavy (non-hydrogen) atoms. The highest BCUT2D eigenvalue weighted by molar-refractivity contribution is 7.18. The summed E-state index contributed by atoms with van der Waals surface area (Å²) in [5.74, 6) is 0.570. The van der Waals surface area contributed by atoms with Crippen LogP contribution in [0, 0.1) is 5.92 Å². The maximum atomic E-state index is 13.1. The first-order valence-electron chi connectivity index (χ1n) is 12.4. The molecule has 1 aliphatic carbocycles. The molecule has 2 aromatic carbocycles. The number of hydrogen-bond acceptors (Lipinski definition) is 5. The maximum Gasteiger partial charge on any atom is 0.416 e. The summed E-state index contributed by atoms with van der Waals surface area (Å²) in [6, 6.07) is 9.07. The van der Waals surface area contributed by atoms with Gasteiger partial charge in [-0.3, -0.25) is 4.79 Å². The van der Waals surface area contributed by atoms with Gasteiger partial charge in [-0.05, 0) is 81.3 Å². The van der Waals surface area contributed by atoms with Crippen LogP contribution in [-0.2, 0) is 24.0 Å². The zero-order chi connectivity index (χ0) is 26.4. The predicted octanol–water partition coefficient (Wildman–Crippen LogP) is 6.63. The van der Waals surface area contributed by atoms with Crippen LogP contribution in [0.5, 0.6) is 5.75 Å². The topological polar surface area (TPSA) is 62.7 Å².